The van der Waals surface area contributed by atoms with E-state index in [4.69, 9.17) is 4.74 Å². The molecule has 0 unspecified atom stereocenters. The van der Waals surface area contributed by atoms with Gasteiger partial charge in [-0.25, -0.2) is 9.97 Å². The number of rotatable bonds is 6. The molecule has 0 aliphatic rings. The van der Waals surface area contributed by atoms with Gasteiger partial charge in [-0.05, 0) is 22.4 Å². The first-order valence-corrected chi connectivity index (χ1v) is 6.20. The number of anilines is 1. The molecule has 0 saturated carbocycles. The van der Waals surface area contributed by atoms with Crippen LogP contribution in [-0.4, -0.2) is 37.3 Å². The van der Waals surface area contributed by atoms with Gasteiger partial charge in [-0.2, -0.15) is 0 Å². The van der Waals surface area contributed by atoms with Crippen LogP contribution >= 0.6 is 15.9 Å². The second-order valence-electron chi connectivity index (χ2n) is 3.59. The molecule has 0 aromatic carbocycles. The number of hydrogen-bond donors (Lipinski definition) is 0. The van der Waals surface area contributed by atoms with Gasteiger partial charge in [-0.15, -0.1) is 0 Å². The molecule has 0 amide bonds. The van der Waals surface area contributed by atoms with E-state index in [0.29, 0.717) is 0 Å². The van der Waals surface area contributed by atoms with Crippen molar-refractivity contribution in [2.75, 3.05) is 32.2 Å². The molecule has 0 bridgehead atoms. The third-order valence-electron chi connectivity index (χ3n) is 2.28. The molecule has 1 aromatic heterocycles. The molecule has 5 heteroatoms. The van der Waals surface area contributed by atoms with Crippen molar-refractivity contribution >= 4 is 21.7 Å². The maximum absolute atomic E-state index is 5.03. The van der Waals surface area contributed by atoms with Gasteiger partial charge >= 0.3 is 0 Å². The quantitative estimate of drug-likeness (QED) is 0.594. The van der Waals surface area contributed by atoms with Crippen LogP contribution in [0.4, 0.5) is 5.82 Å². The molecule has 0 saturated heterocycles. The Morgan fingerprint density at radius 1 is 1.44 bits per heavy atom. The zero-order chi connectivity index (χ0) is 12.0. The van der Waals surface area contributed by atoms with Crippen LogP contribution in [0.3, 0.4) is 0 Å². The van der Waals surface area contributed by atoms with Crippen LogP contribution in [0, 0.1) is 0 Å². The van der Waals surface area contributed by atoms with Crippen molar-refractivity contribution in [2.24, 2.45) is 0 Å². The fourth-order valence-electron chi connectivity index (χ4n) is 1.37. The molecule has 16 heavy (non-hydrogen) atoms. The molecule has 0 fully saturated rings. The van der Waals surface area contributed by atoms with Gasteiger partial charge in [0.05, 0.1) is 0 Å². The molecular formula is C11H18BrN3O. The minimum atomic E-state index is 0.775. The highest BCUT2D eigenvalue weighted by molar-refractivity contribution is 9.10. The molecule has 1 heterocycles. The number of aryl methyl sites for hydroxylation is 1. The summed E-state index contributed by atoms with van der Waals surface area (Å²) in [4.78, 5) is 10.9. The molecule has 0 atom stereocenters. The Hall–Kier alpha value is -0.680. The van der Waals surface area contributed by atoms with E-state index in [9.17, 15) is 0 Å². The summed E-state index contributed by atoms with van der Waals surface area (Å²) < 4.78 is 5.87. The highest BCUT2D eigenvalue weighted by Gasteiger charge is 2.06. The molecule has 0 aliphatic carbocycles. The average Bonchev–Trinajstić information content (AvgIpc) is 2.28. The minimum absolute atomic E-state index is 0.775. The molecule has 0 aliphatic heterocycles. The van der Waals surface area contributed by atoms with Gasteiger partial charge in [0.1, 0.15) is 16.2 Å². The Kier molecular flexibility index (Phi) is 5.69. The predicted octanol–water partition coefficient (Wildman–Crippen LogP) is 2.27. The number of aromatic nitrogens is 2. The first-order chi connectivity index (χ1) is 7.67. The Bertz CT molecular complexity index is 333. The summed E-state index contributed by atoms with van der Waals surface area (Å²) in [5.74, 6) is 1.82. The Morgan fingerprint density at radius 3 is 2.81 bits per heavy atom. The van der Waals surface area contributed by atoms with Crippen molar-refractivity contribution in [3.8, 4) is 0 Å². The van der Waals surface area contributed by atoms with Crippen LogP contribution < -0.4 is 4.90 Å². The van der Waals surface area contributed by atoms with Gasteiger partial charge in [0.2, 0.25) is 0 Å². The summed E-state index contributed by atoms with van der Waals surface area (Å²) in [5.41, 5.74) is 0. The van der Waals surface area contributed by atoms with Crippen LogP contribution in [0.2, 0.25) is 0 Å². The summed E-state index contributed by atoms with van der Waals surface area (Å²) in [7, 11) is 3.75. The van der Waals surface area contributed by atoms with E-state index < -0.39 is 0 Å². The Morgan fingerprint density at radius 2 is 2.19 bits per heavy atom. The normalized spacial score (nSPS) is 10.5. The zero-order valence-corrected chi connectivity index (χ0v) is 11.6. The van der Waals surface area contributed by atoms with E-state index in [1.165, 1.54) is 0 Å². The molecular weight excluding hydrogens is 270 g/mol. The maximum atomic E-state index is 5.03. The van der Waals surface area contributed by atoms with Gasteiger partial charge in [-0.1, -0.05) is 6.92 Å². The molecule has 0 N–H and O–H groups in total. The fraction of sp³-hybridized carbons (Fsp3) is 0.636. The van der Waals surface area contributed by atoms with E-state index in [1.807, 2.05) is 13.1 Å². The third-order valence-corrected chi connectivity index (χ3v) is 2.68. The van der Waals surface area contributed by atoms with Crippen LogP contribution in [-0.2, 0) is 11.2 Å². The van der Waals surface area contributed by atoms with E-state index in [2.05, 4.69) is 37.7 Å². The first-order valence-electron chi connectivity index (χ1n) is 5.41. The molecule has 4 nitrogen and oxygen atoms in total. The third kappa shape index (κ3) is 4.06. The van der Waals surface area contributed by atoms with Crippen molar-refractivity contribution in [1.29, 1.82) is 0 Å². The second kappa shape index (κ2) is 6.81. The van der Waals surface area contributed by atoms with E-state index in [-0.39, 0.29) is 0 Å². The molecule has 1 rings (SSSR count). The summed E-state index contributed by atoms with van der Waals surface area (Å²) >= 11 is 3.40. The lowest BCUT2D eigenvalue weighted by Crippen LogP contribution is -2.21. The van der Waals surface area contributed by atoms with Crippen LogP contribution in [0.25, 0.3) is 0 Å². The molecule has 90 valence electrons. The molecule has 0 spiro atoms. The zero-order valence-electron chi connectivity index (χ0n) is 10.0. The van der Waals surface area contributed by atoms with Crippen LogP contribution in [0.15, 0.2) is 10.7 Å². The predicted molar refractivity (Wildman–Crippen MR) is 68.9 cm³/mol. The highest BCUT2D eigenvalue weighted by Crippen LogP contribution is 2.15. The summed E-state index contributed by atoms with van der Waals surface area (Å²) in [6.45, 7) is 3.76. The minimum Gasteiger partial charge on any atom is -0.385 e. The number of nitrogens with zero attached hydrogens (tertiary/aromatic N) is 3. The molecule has 0 radical (unpaired) electrons. The number of halogens is 1. The summed E-state index contributed by atoms with van der Waals surface area (Å²) in [6, 6.07) is 1.94. The van der Waals surface area contributed by atoms with Gasteiger partial charge in [0.15, 0.2) is 0 Å². The topological polar surface area (TPSA) is 38.2 Å². The lowest BCUT2D eigenvalue weighted by Gasteiger charge is -2.18. The van der Waals surface area contributed by atoms with E-state index in [1.54, 1.807) is 7.11 Å². The second-order valence-corrected chi connectivity index (χ2v) is 4.40. The monoisotopic (exact) mass is 287 g/mol. The Balaban J connectivity index is 2.66. The maximum Gasteiger partial charge on any atom is 0.133 e. The SMILES string of the molecule is CCc1nc(Br)cc(N(C)CCCOC)n1. The highest BCUT2D eigenvalue weighted by atomic mass is 79.9. The first kappa shape index (κ1) is 13.4. The summed E-state index contributed by atoms with van der Waals surface area (Å²) in [6.07, 6.45) is 1.84. The van der Waals surface area contributed by atoms with Crippen molar-refractivity contribution in [1.82, 2.24) is 9.97 Å². The van der Waals surface area contributed by atoms with Gasteiger partial charge in [-0.3, -0.25) is 0 Å². The summed E-state index contributed by atoms with van der Waals surface area (Å²) in [5, 5.41) is 0. The van der Waals surface area contributed by atoms with Crippen LogP contribution in [0.5, 0.6) is 0 Å². The van der Waals surface area contributed by atoms with Gasteiger partial charge in [0, 0.05) is 39.8 Å². The smallest absolute Gasteiger partial charge is 0.133 e. The van der Waals surface area contributed by atoms with Crippen molar-refractivity contribution in [3.63, 3.8) is 0 Å². The standard InChI is InChI=1S/C11H18BrN3O/c1-4-10-13-9(12)8-11(14-10)15(2)6-5-7-16-3/h8H,4-7H2,1-3H3. The van der Waals surface area contributed by atoms with Crippen molar-refractivity contribution in [2.45, 2.75) is 19.8 Å². The van der Waals surface area contributed by atoms with Crippen molar-refractivity contribution < 1.29 is 4.74 Å². The van der Waals surface area contributed by atoms with Crippen molar-refractivity contribution in [3.05, 3.63) is 16.5 Å². The average molecular weight is 288 g/mol. The van der Waals surface area contributed by atoms with Gasteiger partial charge in [0.25, 0.3) is 0 Å². The van der Waals surface area contributed by atoms with Gasteiger partial charge < -0.3 is 9.64 Å². The van der Waals surface area contributed by atoms with Crippen LogP contribution in [0.1, 0.15) is 19.2 Å². The largest absolute Gasteiger partial charge is 0.385 e. The number of methoxy groups -OCH3 is 1. The van der Waals surface area contributed by atoms with E-state index >= 15 is 0 Å². The Labute approximate surface area is 105 Å². The lowest BCUT2D eigenvalue weighted by atomic mass is 10.4. The molecule has 1 aromatic rings. The number of hydrogen-bond acceptors (Lipinski definition) is 4. The fourth-order valence-corrected chi connectivity index (χ4v) is 1.78. The number of ether oxygens (including phenoxy) is 1. The van der Waals surface area contributed by atoms with E-state index in [0.717, 1.165) is 42.2 Å². The lowest BCUT2D eigenvalue weighted by molar-refractivity contribution is 0.196.